The van der Waals surface area contributed by atoms with Crippen molar-refractivity contribution in [2.75, 3.05) is 5.32 Å². The fourth-order valence-corrected chi connectivity index (χ4v) is 2.82. The lowest BCUT2D eigenvalue weighted by Crippen LogP contribution is -2.36. The van der Waals surface area contributed by atoms with Crippen LogP contribution in [0.5, 0.6) is 0 Å². The summed E-state index contributed by atoms with van der Waals surface area (Å²) in [4.78, 5) is 6.41. The summed E-state index contributed by atoms with van der Waals surface area (Å²) in [6.45, 7) is 2.77. The second-order valence-electron chi connectivity index (χ2n) is 5.61. The van der Waals surface area contributed by atoms with Crippen LogP contribution in [0, 0.1) is 6.92 Å². The third-order valence-corrected chi connectivity index (χ3v) is 4.49. The van der Waals surface area contributed by atoms with Crippen LogP contribution in [-0.2, 0) is 6.54 Å². The van der Waals surface area contributed by atoms with Gasteiger partial charge in [-0.15, -0.1) is 0 Å². The summed E-state index contributed by atoms with van der Waals surface area (Å²) in [6, 6.07) is 10.5. The minimum absolute atomic E-state index is 0.529. The number of nitrogens with one attached hydrogen (secondary N) is 1. The molecule has 0 spiro atoms. The van der Waals surface area contributed by atoms with E-state index in [9.17, 15) is 0 Å². The fourth-order valence-electron chi connectivity index (χ4n) is 2.31. The summed E-state index contributed by atoms with van der Waals surface area (Å²) >= 11 is 11.8. The van der Waals surface area contributed by atoms with E-state index < -0.39 is 0 Å². The first kappa shape index (κ1) is 15.3. The van der Waals surface area contributed by atoms with Crippen molar-refractivity contribution in [2.24, 2.45) is 0 Å². The van der Waals surface area contributed by atoms with Crippen LogP contribution >= 0.6 is 23.8 Å². The van der Waals surface area contributed by atoms with Crippen LogP contribution < -0.4 is 5.32 Å². The molecule has 5 heteroatoms. The SMILES string of the molecule is Cc1ccc(NC(=S)N(Cc2cccnc2)C2CC2)cc1Cl. The number of rotatable bonds is 4. The van der Waals surface area contributed by atoms with Crippen molar-refractivity contribution in [3.8, 4) is 0 Å². The molecular formula is C17H18ClN3S. The molecule has 1 aromatic heterocycles. The van der Waals surface area contributed by atoms with E-state index in [4.69, 9.17) is 23.8 Å². The quantitative estimate of drug-likeness (QED) is 0.840. The molecule has 22 heavy (non-hydrogen) atoms. The maximum absolute atomic E-state index is 6.18. The van der Waals surface area contributed by atoms with Gasteiger partial charge < -0.3 is 10.2 Å². The molecule has 0 bridgehead atoms. The minimum atomic E-state index is 0.529. The molecule has 1 aliphatic carbocycles. The number of aryl methyl sites for hydroxylation is 1. The molecule has 3 rings (SSSR count). The Bertz CT molecular complexity index is 671. The Labute approximate surface area is 141 Å². The molecule has 0 radical (unpaired) electrons. The summed E-state index contributed by atoms with van der Waals surface area (Å²) < 4.78 is 0. The van der Waals surface area contributed by atoms with Crippen molar-refractivity contribution in [3.63, 3.8) is 0 Å². The van der Waals surface area contributed by atoms with Gasteiger partial charge in [0.05, 0.1) is 0 Å². The molecule has 0 atom stereocenters. The molecule has 1 fully saturated rings. The third-order valence-electron chi connectivity index (χ3n) is 3.75. The van der Waals surface area contributed by atoms with Gasteiger partial charge in [-0.3, -0.25) is 4.98 Å². The van der Waals surface area contributed by atoms with E-state index in [0.29, 0.717) is 6.04 Å². The predicted molar refractivity (Wildman–Crippen MR) is 95.2 cm³/mol. The molecule has 3 nitrogen and oxygen atoms in total. The van der Waals surface area contributed by atoms with E-state index in [1.54, 1.807) is 6.20 Å². The number of halogens is 1. The highest BCUT2D eigenvalue weighted by atomic mass is 35.5. The Hall–Kier alpha value is -1.65. The second kappa shape index (κ2) is 6.63. The number of benzene rings is 1. The van der Waals surface area contributed by atoms with Gasteiger partial charge in [-0.1, -0.05) is 23.7 Å². The van der Waals surface area contributed by atoms with Gasteiger partial charge in [-0.25, -0.2) is 0 Å². The van der Waals surface area contributed by atoms with Crippen molar-refractivity contribution >= 4 is 34.6 Å². The standard InChI is InChI=1S/C17H18ClN3S/c1-12-4-5-14(9-16(12)18)20-17(22)21(15-6-7-15)11-13-3-2-8-19-10-13/h2-5,8-10,15H,6-7,11H2,1H3,(H,20,22). The van der Waals surface area contributed by atoms with Crippen molar-refractivity contribution in [1.82, 2.24) is 9.88 Å². The molecule has 0 saturated heterocycles. The van der Waals surface area contributed by atoms with Crippen molar-refractivity contribution in [2.45, 2.75) is 32.4 Å². The highest BCUT2D eigenvalue weighted by Gasteiger charge is 2.30. The van der Waals surface area contributed by atoms with Crippen molar-refractivity contribution in [1.29, 1.82) is 0 Å². The number of thiocarbonyl (C=S) groups is 1. The average molecular weight is 332 g/mol. The lowest BCUT2D eigenvalue weighted by molar-refractivity contribution is 0.409. The smallest absolute Gasteiger partial charge is 0.173 e. The van der Waals surface area contributed by atoms with E-state index in [0.717, 1.165) is 27.9 Å². The van der Waals surface area contributed by atoms with Crippen LogP contribution in [0.4, 0.5) is 5.69 Å². The first-order chi connectivity index (χ1) is 10.6. The van der Waals surface area contributed by atoms with Gasteiger partial charge >= 0.3 is 0 Å². The summed E-state index contributed by atoms with van der Waals surface area (Å²) in [5, 5.41) is 4.79. The summed E-state index contributed by atoms with van der Waals surface area (Å²) in [5.41, 5.74) is 3.16. The minimum Gasteiger partial charge on any atom is -0.342 e. The first-order valence-electron chi connectivity index (χ1n) is 7.36. The van der Waals surface area contributed by atoms with Gasteiger partial charge in [0, 0.05) is 35.7 Å². The van der Waals surface area contributed by atoms with Crippen LogP contribution in [0.25, 0.3) is 0 Å². The number of anilines is 1. The lowest BCUT2D eigenvalue weighted by atomic mass is 10.2. The Morgan fingerprint density at radius 2 is 2.23 bits per heavy atom. The number of hydrogen-bond donors (Lipinski definition) is 1. The molecule has 1 heterocycles. The Balaban J connectivity index is 1.71. The van der Waals surface area contributed by atoms with Gasteiger partial charge in [0.25, 0.3) is 0 Å². The molecule has 2 aromatic rings. The van der Waals surface area contributed by atoms with Crippen LogP contribution in [0.15, 0.2) is 42.7 Å². The van der Waals surface area contributed by atoms with E-state index in [1.165, 1.54) is 18.4 Å². The van der Waals surface area contributed by atoms with Crippen LogP contribution in [-0.4, -0.2) is 21.0 Å². The maximum Gasteiger partial charge on any atom is 0.173 e. The fraction of sp³-hybridized carbons (Fsp3) is 0.294. The third kappa shape index (κ3) is 3.76. The zero-order valence-electron chi connectivity index (χ0n) is 12.4. The Kier molecular flexibility index (Phi) is 4.60. The summed E-state index contributed by atoms with van der Waals surface area (Å²) in [7, 11) is 0. The van der Waals surface area contributed by atoms with E-state index in [2.05, 4.69) is 21.3 Å². The molecule has 1 saturated carbocycles. The van der Waals surface area contributed by atoms with Crippen LogP contribution in [0.3, 0.4) is 0 Å². The number of hydrogen-bond acceptors (Lipinski definition) is 2. The molecule has 114 valence electrons. The summed E-state index contributed by atoms with van der Waals surface area (Å²) in [5.74, 6) is 0. The molecule has 0 unspecified atom stereocenters. The second-order valence-corrected chi connectivity index (χ2v) is 6.41. The number of aromatic nitrogens is 1. The maximum atomic E-state index is 6.18. The number of pyridine rings is 1. The number of nitrogens with zero attached hydrogens (tertiary/aromatic N) is 2. The summed E-state index contributed by atoms with van der Waals surface area (Å²) in [6.07, 6.45) is 6.06. The van der Waals surface area contributed by atoms with Gasteiger partial charge in [0.15, 0.2) is 5.11 Å². The first-order valence-corrected chi connectivity index (χ1v) is 8.15. The van der Waals surface area contributed by atoms with Gasteiger partial charge in [0.1, 0.15) is 0 Å². The van der Waals surface area contributed by atoms with Gasteiger partial charge in [-0.2, -0.15) is 0 Å². The average Bonchev–Trinajstić information content (AvgIpc) is 3.34. The highest BCUT2D eigenvalue weighted by Crippen LogP contribution is 2.29. The molecule has 1 aromatic carbocycles. The predicted octanol–water partition coefficient (Wildman–Crippen LogP) is 4.40. The van der Waals surface area contributed by atoms with Crippen molar-refractivity contribution in [3.05, 3.63) is 58.9 Å². The molecule has 1 N–H and O–H groups in total. The molecule has 0 amide bonds. The largest absolute Gasteiger partial charge is 0.342 e. The lowest BCUT2D eigenvalue weighted by Gasteiger charge is -2.26. The van der Waals surface area contributed by atoms with Crippen molar-refractivity contribution < 1.29 is 0 Å². The van der Waals surface area contributed by atoms with E-state index in [1.807, 2.05) is 37.4 Å². The van der Waals surface area contributed by atoms with Crippen LogP contribution in [0.2, 0.25) is 5.02 Å². The van der Waals surface area contributed by atoms with Gasteiger partial charge in [0.2, 0.25) is 0 Å². The molecule has 1 aliphatic rings. The Morgan fingerprint density at radius 1 is 1.41 bits per heavy atom. The monoisotopic (exact) mass is 331 g/mol. The molecule has 0 aliphatic heterocycles. The topological polar surface area (TPSA) is 28.2 Å². The highest BCUT2D eigenvalue weighted by molar-refractivity contribution is 7.80. The zero-order valence-corrected chi connectivity index (χ0v) is 14.0. The van der Waals surface area contributed by atoms with Gasteiger partial charge in [-0.05, 0) is 61.3 Å². The normalized spacial score (nSPS) is 13.7. The zero-order chi connectivity index (χ0) is 15.5. The Morgan fingerprint density at radius 3 is 2.86 bits per heavy atom. The van der Waals surface area contributed by atoms with E-state index in [-0.39, 0.29) is 0 Å². The van der Waals surface area contributed by atoms with E-state index >= 15 is 0 Å². The molecular weight excluding hydrogens is 314 g/mol. The van der Waals surface area contributed by atoms with Crippen LogP contribution in [0.1, 0.15) is 24.0 Å².